The molecule has 0 amide bonds. The first kappa shape index (κ1) is 11.5. The SMILES string of the molecule is C=C(C)C(=O)OCc1cccc(C)c1C. The van der Waals surface area contributed by atoms with Crippen LogP contribution in [0.5, 0.6) is 0 Å². The van der Waals surface area contributed by atoms with E-state index in [-0.39, 0.29) is 5.97 Å². The van der Waals surface area contributed by atoms with Gasteiger partial charge in [0.15, 0.2) is 0 Å². The van der Waals surface area contributed by atoms with E-state index in [1.54, 1.807) is 6.92 Å². The van der Waals surface area contributed by atoms with E-state index in [1.165, 1.54) is 11.1 Å². The molecule has 2 heteroatoms. The first-order chi connectivity index (χ1) is 7.02. The second-order valence-electron chi connectivity index (χ2n) is 3.72. The van der Waals surface area contributed by atoms with E-state index in [0.717, 1.165) is 5.56 Å². The molecule has 80 valence electrons. The number of rotatable bonds is 3. The van der Waals surface area contributed by atoms with Crippen molar-refractivity contribution in [3.63, 3.8) is 0 Å². The summed E-state index contributed by atoms with van der Waals surface area (Å²) in [6, 6.07) is 5.97. The van der Waals surface area contributed by atoms with Crippen LogP contribution in [0, 0.1) is 13.8 Å². The molecular weight excluding hydrogens is 188 g/mol. The molecule has 0 aromatic heterocycles. The normalized spacial score (nSPS) is 9.80. The summed E-state index contributed by atoms with van der Waals surface area (Å²) in [4.78, 5) is 11.2. The zero-order valence-corrected chi connectivity index (χ0v) is 9.46. The number of esters is 1. The maximum Gasteiger partial charge on any atom is 0.333 e. The topological polar surface area (TPSA) is 26.3 Å². The Labute approximate surface area is 90.6 Å². The van der Waals surface area contributed by atoms with Gasteiger partial charge in [-0.05, 0) is 37.5 Å². The fourth-order valence-corrected chi connectivity index (χ4v) is 1.23. The lowest BCUT2D eigenvalue weighted by atomic mass is 10.0. The average Bonchev–Trinajstić information content (AvgIpc) is 2.19. The number of aryl methyl sites for hydroxylation is 1. The van der Waals surface area contributed by atoms with Crippen LogP contribution in [0.4, 0.5) is 0 Å². The predicted molar refractivity (Wildman–Crippen MR) is 60.5 cm³/mol. The summed E-state index contributed by atoms with van der Waals surface area (Å²) >= 11 is 0. The van der Waals surface area contributed by atoms with Crippen LogP contribution in [0.1, 0.15) is 23.6 Å². The molecule has 1 aromatic rings. The number of hydrogen-bond donors (Lipinski definition) is 0. The largest absolute Gasteiger partial charge is 0.457 e. The van der Waals surface area contributed by atoms with E-state index >= 15 is 0 Å². The van der Waals surface area contributed by atoms with Crippen LogP contribution < -0.4 is 0 Å². The molecule has 0 aliphatic rings. The van der Waals surface area contributed by atoms with Gasteiger partial charge in [-0.15, -0.1) is 0 Å². The quantitative estimate of drug-likeness (QED) is 0.559. The molecule has 1 aromatic carbocycles. The summed E-state index contributed by atoms with van der Waals surface area (Å²) in [5.74, 6) is -0.337. The van der Waals surface area contributed by atoms with Gasteiger partial charge in [0.2, 0.25) is 0 Å². The van der Waals surface area contributed by atoms with Gasteiger partial charge in [-0.2, -0.15) is 0 Å². The Morgan fingerprint density at radius 2 is 2.07 bits per heavy atom. The van der Waals surface area contributed by atoms with E-state index in [2.05, 4.69) is 6.58 Å². The summed E-state index contributed by atoms with van der Waals surface area (Å²) in [6.45, 7) is 9.56. The van der Waals surface area contributed by atoms with Crippen LogP contribution >= 0.6 is 0 Å². The fourth-order valence-electron chi connectivity index (χ4n) is 1.23. The molecule has 0 spiro atoms. The molecule has 0 N–H and O–H groups in total. The highest BCUT2D eigenvalue weighted by Crippen LogP contribution is 2.14. The number of carbonyl (C=O) groups excluding carboxylic acids is 1. The smallest absolute Gasteiger partial charge is 0.333 e. The number of hydrogen-bond acceptors (Lipinski definition) is 2. The summed E-state index contributed by atoms with van der Waals surface area (Å²) in [5.41, 5.74) is 3.86. The first-order valence-electron chi connectivity index (χ1n) is 4.90. The zero-order valence-electron chi connectivity index (χ0n) is 9.46. The molecule has 0 fully saturated rings. The Morgan fingerprint density at radius 3 is 2.67 bits per heavy atom. The van der Waals surface area contributed by atoms with Gasteiger partial charge < -0.3 is 4.74 Å². The minimum Gasteiger partial charge on any atom is -0.457 e. The Bertz CT molecular complexity index is 392. The van der Waals surface area contributed by atoms with E-state index in [9.17, 15) is 4.79 Å². The lowest BCUT2D eigenvalue weighted by Crippen LogP contribution is -2.06. The maximum absolute atomic E-state index is 11.2. The fraction of sp³-hybridized carbons (Fsp3) is 0.308. The molecule has 2 nitrogen and oxygen atoms in total. The Balaban J connectivity index is 2.70. The van der Waals surface area contributed by atoms with Crippen molar-refractivity contribution in [2.75, 3.05) is 0 Å². The lowest BCUT2D eigenvalue weighted by molar-refractivity contribution is -0.140. The second kappa shape index (κ2) is 4.78. The van der Waals surface area contributed by atoms with Crippen LogP contribution in [0.25, 0.3) is 0 Å². The standard InChI is InChI=1S/C13H16O2/c1-9(2)13(14)15-8-12-7-5-6-10(3)11(12)4/h5-7H,1,8H2,2-4H3. The van der Waals surface area contributed by atoms with E-state index in [1.807, 2.05) is 32.0 Å². The molecule has 15 heavy (non-hydrogen) atoms. The molecule has 0 unspecified atom stereocenters. The molecule has 0 atom stereocenters. The van der Waals surface area contributed by atoms with E-state index in [4.69, 9.17) is 4.74 Å². The molecule has 0 saturated carbocycles. The highest BCUT2D eigenvalue weighted by atomic mass is 16.5. The molecule has 0 saturated heterocycles. The highest BCUT2D eigenvalue weighted by Gasteiger charge is 2.05. The summed E-state index contributed by atoms with van der Waals surface area (Å²) in [6.07, 6.45) is 0. The Morgan fingerprint density at radius 1 is 1.40 bits per heavy atom. The lowest BCUT2D eigenvalue weighted by Gasteiger charge is -2.09. The summed E-state index contributed by atoms with van der Waals surface area (Å²) < 4.78 is 5.09. The van der Waals surface area contributed by atoms with Crippen molar-refractivity contribution < 1.29 is 9.53 Å². The van der Waals surface area contributed by atoms with Crippen LogP contribution in [0.3, 0.4) is 0 Å². The average molecular weight is 204 g/mol. The van der Waals surface area contributed by atoms with Crippen molar-refractivity contribution in [1.29, 1.82) is 0 Å². The summed E-state index contributed by atoms with van der Waals surface area (Å²) in [7, 11) is 0. The maximum atomic E-state index is 11.2. The van der Waals surface area contributed by atoms with Crippen molar-refractivity contribution in [3.05, 3.63) is 47.0 Å². The number of benzene rings is 1. The van der Waals surface area contributed by atoms with Gasteiger partial charge in [0.25, 0.3) is 0 Å². The van der Waals surface area contributed by atoms with E-state index < -0.39 is 0 Å². The Kier molecular flexibility index (Phi) is 3.67. The van der Waals surface area contributed by atoms with Crippen LogP contribution in [0.2, 0.25) is 0 Å². The van der Waals surface area contributed by atoms with Gasteiger partial charge >= 0.3 is 5.97 Å². The number of carbonyl (C=O) groups is 1. The minimum absolute atomic E-state index is 0.319. The van der Waals surface area contributed by atoms with Gasteiger partial charge in [0.05, 0.1) is 0 Å². The monoisotopic (exact) mass is 204 g/mol. The third-order valence-corrected chi connectivity index (χ3v) is 2.42. The van der Waals surface area contributed by atoms with Crippen molar-refractivity contribution in [2.24, 2.45) is 0 Å². The molecule has 1 rings (SSSR count). The van der Waals surface area contributed by atoms with Gasteiger partial charge in [0.1, 0.15) is 6.61 Å². The van der Waals surface area contributed by atoms with Gasteiger partial charge in [-0.25, -0.2) is 4.79 Å². The van der Waals surface area contributed by atoms with Gasteiger partial charge in [0, 0.05) is 5.57 Å². The van der Waals surface area contributed by atoms with Crippen LogP contribution in [-0.2, 0) is 16.1 Å². The first-order valence-corrected chi connectivity index (χ1v) is 4.90. The molecule has 0 aliphatic heterocycles. The zero-order chi connectivity index (χ0) is 11.4. The number of ether oxygens (including phenoxy) is 1. The third kappa shape index (κ3) is 2.94. The summed E-state index contributed by atoms with van der Waals surface area (Å²) in [5, 5.41) is 0. The molecule has 0 radical (unpaired) electrons. The van der Waals surface area contributed by atoms with Crippen molar-refractivity contribution in [3.8, 4) is 0 Å². The predicted octanol–water partition coefficient (Wildman–Crippen LogP) is 2.92. The molecule has 0 bridgehead atoms. The van der Waals surface area contributed by atoms with Crippen LogP contribution in [-0.4, -0.2) is 5.97 Å². The van der Waals surface area contributed by atoms with Gasteiger partial charge in [-0.3, -0.25) is 0 Å². The second-order valence-corrected chi connectivity index (χ2v) is 3.72. The highest BCUT2D eigenvalue weighted by molar-refractivity contribution is 5.86. The third-order valence-electron chi connectivity index (χ3n) is 2.42. The molecule has 0 aliphatic carbocycles. The van der Waals surface area contributed by atoms with Crippen molar-refractivity contribution in [1.82, 2.24) is 0 Å². The van der Waals surface area contributed by atoms with E-state index in [0.29, 0.717) is 12.2 Å². The minimum atomic E-state index is -0.337. The van der Waals surface area contributed by atoms with Crippen molar-refractivity contribution >= 4 is 5.97 Å². The van der Waals surface area contributed by atoms with Crippen molar-refractivity contribution in [2.45, 2.75) is 27.4 Å². The molecular formula is C13H16O2. The Hall–Kier alpha value is -1.57. The van der Waals surface area contributed by atoms with Gasteiger partial charge in [-0.1, -0.05) is 24.8 Å². The molecule has 0 heterocycles. The van der Waals surface area contributed by atoms with Crippen LogP contribution in [0.15, 0.2) is 30.4 Å².